The van der Waals surface area contributed by atoms with Crippen molar-refractivity contribution in [2.75, 3.05) is 0 Å². The van der Waals surface area contributed by atoms with Crippen molar-refractivity contribution in [3.8, 4) is 0 Å². The van der Waals surface area contributed by atoms with Gasteiger partial charge in [0.1, 0.15) is 0 Å². The second kappa shape index (κ2) is 4.16. The summed E-state index contributed by atoms with van der Waals surface area (Å²) in [6.07, 6.45) is -2.11. The van der Waals surface area contributed by atoms with E-state index in [1.54, 1.807) is 6.92 Å². The SMILES string of the molecule is C=C(C)/C(=C\C(N)=CC)C(F)(F)F. The second-order valence-corrected chi connectivity index (χ2v) is 2.62. The molecule has 0 aromatic rings. The zero-order chi connectivity index (χ0) is 10.6. The average Bonchev–Trinajstić information content (AvgIpc) is 1.96. The number of hydrogen-bond acceptors (Lipinski definition) is 1. The highest BCUT2D eigenvalue weighted by Gasteiger charge is 2.33. The lowest BCUT2D eigenvalue weighted by atomic mass is 10.1. The molecule has 0 aliphatic carbocycles. The second-order valence-electron chi connectivity index (χ2n) is 2.62. The molecule has 74 valence electrons. The molecular formula is C9H12F3N. The monoisotopic (exact) mass is 191 g/mol. The molecule has 0 bridgehead atoms. The maximum atomic E-state index is 12.3. The lowest BCUT2D eigenvalue weighted by Crippen LogP contribution is -2.13. The minimum absolute atomic E-state index is 0.0442. The molecule has 0 rings (SSSR count). The van der Waals surface area contributed by atoms with Crippen LogP contribution >= 0.6 is 0 Å². The van der Waals surface area contributed by atoms with Crippen LogP contribution in [-0.4, -0.2) is 6.18 Å². The van der Waals surface area contributed by atoms with Crippen molar-refractivity contribution >= 4 is 0 Å². The minimum Gasteiger partial charge on any atom is -0.399 e. The molecule has 2 N–H and O–H groups in total. The first kappa shape index (κ1) is 11.8. The van der Waals surface area contributed by atoms with Gasteiger partial charge in [-0.2, -0.15) is 13.2 Å². The van der Waals surface area contributed by atoms with E-state index in [-0.39, 0.29) is 11.3 Å². The summed E-state index contributed by atoms with van der Waals surface area (Å²) in [5.74, 6) is 0. The molecule has 0 aromatic heterocycles. The maximum Gasteiger partial charge on any atom is 0.416 e. The Balaban J connectivity index is 5.06. The third kappa shape index (κ3) is 3.83. The predicted molar refractivity (Wildman–Crippen MR) is 46.9 cm³/mol. The Morgan fingerprint density at radius 1 is 1.38 bits per heavy atom. The molecule has 0 saturated heterocycles. The standard InChI is InChI=1S/C9H12F3N/c1-4-7(13)5-8(6(2)3)9(10,11)12/h4-5H,2,13H2,1,3H3/b7-4?,8-5+. The van der Waals surface area contributed by atoms with Crippen LogP contribution in [-0.2, 0) is 0 Å². The molecule has 0 aliphatic rings. The van der Waals surface area contributed by atoms with Crippen molar-refractivity contribution in [1.82, 2.24) is 0 Å². The van der Waals surface area contributed by atoms with Crippen molar-refractivity contribution < 1.29 is 13.2 Å². The molecule has 0 heterocycles. The van der Waals surface area contributed by atoms with Crippen LogP contribution in [0, 0.1) is 0 Å². The molecule has 0 saturated carbocycles. The topological polar surface area (TPSA) is 26.0 Å². The first-order valence-electron chi connectivity index (χ1n) is 3.65. The number of nitrogens with two attached hydrogens (primary N) is 1. The van der Waals surface area contributed by atoms with Gasteiger partial charge in [-0.05, 0) is 25.5 Å². The third-order valence-electron chi connectivity index (χ3n) is 1.41. The molecule has 0 fully saturated rings. The van der Waals surface area contributed by atoms with E-state index in [2.05, 4.69) is 6.58 Å². The fraction of sp³-hybridized carbons (Fsp3) is 0.333. The van der Waals surface area contributed by atoms with E-state index >= 15 is 0 Å². The molecule has 0 amide bonds. The van der Waals surface area contributed by atoms with Crippen molar-refractivity contribution in [2.24, 2.45) is 5.73 Å². The van der Waals surface area contributed by atoms with Crippen molar-refractivity contribution in [3.63, 3.8) is 0 Å². The van der Waals surface area contributed by atoms with E-state index < -0.39 is 11.7 Å². The van der Waals surface area contributed by atoms with Crippen LogP contribution in [0.2, 0.25) is 0 Å². The van der Waals surface area contributed by atoms with Crippen molar-refractivity contribution in [3.05, 3.63) is 35.6 Å². The predicted octanol–water partition coefficient (Wildman–Crippen LogP) is 2.91. The normalized spacial score (nSPS) is 14.5. The van der Waals surface area contributed by atoms with Gasteiger partial charge in [-0.25, -0.2) is 0 Å². The van der Waals surface area contributed by atoms with E-state index in [1.165, 1.54) is 13.0 Å². The quantitative estimate of drug-likeness (QED) is 0.667. The number of hydrogen-bond donors (Lipinski definition) is 1. The molecule has 0 unspecified atom stereocenters. The first-order valence-corrected chi connectivity index (χ1v) is 3.65. The minimum atomic E-state index is -4.39. The lowest BCUT2D eigenvalue weighted by Gasteiger charge is -2.11. The highest BCUT2D eigenvalue weighted by Crippen LogP contribution is 2.30. The van der Waals surface area contributed by atoms with E-state index in [0.29, 0.717) is 0 Å². The molecular weight excluding hydrogens is 179 g/mol. The molecule has 13 heavy (non-hydrogen) atoms. The number of alkyl halides is 3. The Morgan fingerprint density at radius 2 is 1.85 bits per heavy atom. The highest BCUT2D eigenvalue weighted by molar-refractivity contribution is 5.36. The fourth-order valence-corrected chi connectivity index (χ4v) is 0.697. The van der Waals surface area contributed by atoms with E-state index in [1.807, 2.05) is 0 Å². The van der Waals surface area contributed by atoms with Gasteiger partial charge in [-0.3, -0.25) is 0 Å². The Labute approximate surface area is 75.4 Å². The molecule has 1 nitrogen and oxygen atoms in total. The maximum absolute atomic E-state index is 12.3. The number of rotatable bonds is 2. The van der Waals surface area contributed by atoms with Crippen LogP contribution in [0.5, 0.6) is 0 Å². The number of allylic oxidation sites excluding steroid dienone is 4. The zero-order valence-corrected chi connectivity index (χ0v) is 7.57. The molecule has 0 aliphatic heterocycles. The zero-order valence-electron chi connectivity index (χ0n) is 7.57. The van der Waals surface area contributed by atoms with Crippen LogP contribution in [0.3, 0.4) is 0 Å². The van der Waals surface area contributed by atoms with Crippen molar-refractivity contribution in [2.45, 2.75) is 20.0 Å². The van der Waals surface area contributed by atoms with Gasteiger partial charge in [0.05, 0.1) is 5.57 Å². The average molecular weight is 191 g/mol. The summed E-state index contributed by atoms with van der Waals surface area (Å²) >= 11 is 0. The summed E-state index contributed by atoms with van der Waals surface area (Å²) in [6.45, 7) is 6.10. The van der Waals surface area contributed by atoms with Gasteiger partial charge >= 0.3 is 6.18 Å². The third-order valence-corrected chi connectivity index (χ3v) is 1.41. The summed E-state index contributed by atoms with van der Waals surface area (Å²) in [5.41, 5.74) is 4.50. The summed E-state index contributed by atoms with van der Waals surface area (Å²) in [6, 6.07) is 0. The Morgan fingerprint density at radius 3 is 2.08 bits per heavy atom. The molecule has 0 atom stereocenters. The number of halogens is 3. The van der Waals surface area contributed by atoms with Gasteiger partial charge in [-0.15, -0.1) is 0 Å². The van der Waals surface area contributed by atoms with Gasteiger partial charge in [0.25, 0.3) is 0 Å². The van der Waals surface area contributed by atoms with Crippen LogP contribution < -0.4 is 5.73 Å². The molecule has 0 radical (unpaired) electrons. The Bertz CT molecular complexity index is 259. The molecule has 0 spiro atoms. The summed E-state index contributed by atoms with van der Waals surface area (Å²) < 4.78 is 36.8. The Hall–Kier alpha value is -1.19. The largest absolute Gasteiger partial charge is 0.416 e. The summed E-state index contributed by atoms with van der Waals surface area (Å²) in [5, 5.41) is 0. The van der Waals surface area contributed by atoms with Crippen LogP contribution in [0.4, 0.5) is 13.2 Å². The van der Waals surface area contributed by atoms with Gasteiger partial charge in [0.2, 0.25) is 0 Å². The van der Waals surface area contributed by atoms with Gasteiger partial charge in [0.15, 0.2) is 0 Å². The fourth-order valence-electron chi connectivity index (χ4n) is 0.697. The smallest absolute Gasteiger partial charge is 0.399 e. The summed E-state index contributed by atoms with van der Waals surface area (Å²) in [4.78, 5) is 0. The molecule has 0 aromatic carbocycles. The van der Waals surface area contributed by atoms with Crippen LogP contribution in [0.1, 0.15) is 13.8 Å². The summed E-state index contributed by atoms with van der Waals surface area (Å²) in [7, 11) is 0. The van der Waals surface area contributed by atoms with E-state index in [4.69, 9.17) is 5.73 Å². The van der Waals surface area contributed by atoms with Crippen LogP contribution in [0.25, 0.3) is 0 Å². The van der Waals surface area contributed by atoms with E-state index in [9.17, 15) is 13.2 Å². The Kier molecular flexibility index (Phi) is 3.78. The molecule has 4 heteroatoms. The van der Waals surface area contributed by atoms with Gasteiger partial charge in [-0.1, -0.05) is 12.7 Å². The van der Waals surface area contributed by atoms with Crippen molar-refractivity contribution in [1.29, 1.82) is 0 Å². The van der Waals surface area contributed by atoms with Crippen LogP contribution in [0.15, 0.2) is 35.6 Å². The first-order chi connectivity index (χ1) is 5.79. The van der Waals surface area contributed by atoms with Gasteiger partial charge in [0, 0.05) is 5.70 Å². The lowest BCUT2D eigenvalue weighted by molar-refractivity contribution is -0.0893. The van der Waals surface area contributed by atoms with Gasteiger partial charge < -0.3 is 5.73 Å². The van der Waals surface area contributed by atoms with E-state index in [0.717, 1.165) is 6.08 Å². The highest BCUT2D eigenvalue weighted by atomic mass is 19.4.